The van der Waals surface area contributed by atoms with Gasteiger partial charge in [-0.3, -0.25) is 9.78 Å². The van der Waals surface area contributed by atoms with E-state index in [4.69, 9.17) is 0 Å². The fourth-order valence-electron chi connectivity index (χ4n) is 3.27. The molecule has 1 aromatic carbocycles. The number of H-pyrrole nitrogens is 1. The smallest absolute Gasteiger partial charge is 0.257 e. The van der Waals surface area contributed by atoms with Gasteiger partial charge in [-0.05, 0) is 18.4 Å². The minimum Gasteiger partial charge on any atom is -0.872 e. The van der Waals surface area contributed by atoms with Crippen molar-refractivity contribution in [3.05, 3.63) is 48.2 Å². The largest absolute Gasteiger partial charge is 0.872 e. The Bertz CT molecular complexity index is 1140. The first-order valence-corrected chi connectivity index (χ1v) is 8.95. The zero-order valence-corrected chi connectivity index (χ0v) is 14.8. The maximum atomic E-state index is 13.2. The molecule has 6 nitrogen and oxygen atoms in total. The summed E-state index contributed by atoms with van der Waals surface area (Å²) in [5.41, 5.74) is 2.43. The molecule has 0 amide bonds. The molecule has 0 aliphatic heterocycles. The molecule has 4 rings (SSSR count). The van der Waals surface area contributed by atoms with Crippen molar-refractivity contribution in [3.8, 4) is 5.75 Å². The van der Waals surface area contributed by atoms with Crippen LogP contribution in [0.3, 0.4) is 0 Å². The Labute approximate surface area is 148 Å². The first-order valence-electron chi connectivity index (χ1n) is 7.72. The SMILES string of the molecule is CSc1c(C(=O)c2nccc3c2[nH]c2ccc([O-])cc23)n(C)c[n+]1C. The molecular formula is C18H16N4O2S. The van der Waals surface area contributed by atoms with Gasteiger partial charge in [0.1, 0.15) is 5.69 Å². The van der Waals surface area contributed by atoms with Crippen LogP contribution < -0.4 is 9.67 Å². The van der Waals surface area contributed by atoms with Gasteiger partial charge in [-0.25, -0.2) is 9.13 Å². The lowest BCUT2D eigenvalue weighted by Gasteiger charge is -2.03. The second-order valence-corrected chi connectivity index (χ2v) is 6.73. The molecule has 0 aliphatic rings. The van der Waals surface area contributed by atoms with Crippen LogP contribution in [0.2, 0.25) is 0 Å². The van der Waals surface area contributed by atoms with Gasteiger partial charge in [-0.2, -0.15) is 0 Å². The lowest BCUT2D eigenvalue weighted by atomic mass is 10.1. The van der Waals surface area contributed by atoms with Crippen LogP contribution in [0.1, 0.15) is 16.2 Å². The zero-order chi connectivity index (χ0) is 17.7. The van der Waals surface area contributed by atoms with Gasteiger partial charge in [0.05, 0.1) is 19.6 Å². The quantitative estimate of drug-likeness (QED) is 0.347. The van der Waals surface area contributed by atoms with Crippen LogP contribution in [0.5, 0.6) is 5.75 Å². The Morgan fingerprint density at radius 3 is 2.88 bits per heavy atom. The number of carbonyl (C=O) groups is 1. The summed E-state index contributed by atoms with van der Waals surface area (Å²) in [6.45, 7) is 0. The van der Waals surface area contributed by atoms with E-state index in [1.165, 1.54) is 17.8 Å². The molecule has 4 aromatic rings. The lowest BCUT2D eigenvalue weighted by molar-refractivity contribution is -0.707. The van der Waals surface area contributed by atoms with E-state index < -0.39 is 0 Å². The molecule has 0 radical (unpaired) electrons. The Morgan fingerprint density at radius 2 is 2.12 bits per heavy atom. The number of aryl methyl sites for hydroxylation is 2. The first-order chi connectivity index (χ1) is 12.0. The number of benzene rings is 1. The molecule has 3 heterocycles. The third-order valence-corrected chi connectivity index (χ3v) is 5.21. The number of rotatable bonds is 3. The summed E-state index contributed by atoms with van der Waals surface area (Å²) in [7, 11) is 3.76. The summed E-state index contributed by atoms with van der Waals surface area (Å²) in [6.07, 6.45) is 5.43. The number of nitrogens with one attached hydrogen (secondary N) is 1. The monoisotopic (exact) mass is 352 g/mol. The fraction of sp³-hybridized carbons (Fsp3) is 0.167. The van der Waals surface area contributed by atoms with Crippen LogP contribution in [0.25, 0.3) is 21.8 Å². The van der Waals surface area contributed by atoms with E-state index in [9.17, 15) is 9.90 Å². The minimum atomic E-state index is -0.146. The van der Waals surface area contributed by atoms with Crippen LogP contribution in [-0.2, 0) is 14.1 Å². The van der Waals surface area contributed by atoms with E-state index in [1.807, 2.05) is 41.9 Å². The molecule has 0 saturated heterocycles. The fourth-order valence-corrected chi connectivity index (χ4v) is 4.04. The average Bonchev–Trinajstić information content (AvgIpc) is 3.10. The second-order valence-electron chi connectivity index (χ2n) is 5.94. The van der Waals surface area contributed by atoms with Crippen molar-refractivity contribution in [1.29, 1.82) is 0 Å². The highest BCUT2D eigenvalue weighted by Crippen LogP contribution is 2.30. The number of aromatic nitrogens is 4. The molecule has 0 spiro atoms. The minimum absolute atomic E-state index is 0.0581. The first kappa shape index (κ1) is 15.7. The maximum Gasteiger partial charge on any atom is 0.257 e. The van der Waals surface area contributed by atoms with E-state index in [1.54, 1.807) is 18.3 Å². The highest BCUT2D eigenvalue weighted by atomic mass is 32.2. The molecule has 1 N–H and O–H groups in total. The molecule has 25 heavy (non-hydrogen) atoms. The summed E-state index contributed by atoms with van der Waals surface area (Å²) in [4.78, 5) is 20.8. The van der Waals surface area contributed by atoms with Gasteiger partial charge in [-0.15, -0.1) is 5.75 Å². The molecule has 0 fully saturated rings. The van der Waals surface area contributed by atoms with Gasteiger partial charge in [-0.1, -0.05) is 23.9 Å². The van der Waals surface area contributed by atoms with Crippen LogP contribution in [-0.4, -0.2) is 26.6 Å². The number of fused-ring (bicyclic) bond motifs is 3. The van der Waals surface area contributed by atoms with Gasteiger partial charge < -0.3 is 10.1 Å². The van der Waals surface area contributed by atoms with Crippen LogP contribution in [0.4, 0.5) is 0 Å². The van der Waals surface area contributed by atoms with Gasteiger partial charge in [0.2, 0.25) is 17.0 Å². The van der Waals surface area contributed by atoms with E-state index >= 15 is 0 Å². The van der Waals surface area contributed by atoms with Crippen molar-refractivity contribution in [2.45, 2.75) is 5.03 Å². The number of pyridine rings is 1. The van der Waals surface area contributed by atoms with Gasteiger partial charge >= 0.3 is 0 Å². The summed E-state index contributed by atoms with van der Waals surface area (Å²) in [6, 6.07) is 6.65. The maximum absolute atomic E-state index is 13.2. The average molecular weight is 352 g/mol. The predicted octanol–water partition coefficient (Wildman–Crippen LogP) is 1.91. The third kappa shape index (κ3) is 2.31. The van der Waals surface area contributed by atoms with Gasteiger partial charge in [0.25, 0.3) is 5.78 Å². The van der Waals surface area contributed by atoms with Crippen molar-refractivity contribution in [3.63, 3.8) is 0 Å². The number of ketones is 1. The van der Waals surface area contributed by atoms with Gasteiger partial charge in [0, 0.05) is 22.5 Å². The van der Waals surface area contributed by atoms with E-state index in [0.717, 1.165) is 21.3 Å². The molecular weight excluding hydrogens is 336 g/mol. The van der Waals surface area contributed by atoms with Crippen molar-refractivity contribution in [2.24, 2.45) is 14.1 Å². The second kappa shape index (κ2) is 5.63. The van der Waals surface area contributed by atoms with Crippen LogP contribution in [0, 0.1) is 0 Å². The van der Waals surface area contributed by atoms with Crippen LogP contribution >= 0.6 is 11.8 Å². The summed E-state index contributed by atoms with van der Waals surface area (Å²) >= 11 is 1.52. The van der Waals surface area contributed by atoms with E-state index in [0.29, 0.717) is 16.9 Å². The Morgan fingerprint density at radius 1 is 1.32 bits per heavy atom. The number of imidazole rings is 1. The number of hydrogen-bond acceptors (Lipinski definition) is 4. The normalized spacial score (nSPS) is 11.5. The number of aromatic amines is 1. The zero-order valence-electron chi connectivity index (χ0n) is 14.0. The van der Waals surface area contributed by atoms with Crippen molar-refractivity contribution < 1.29 is 14.5 Å². The molecule has 0 unspecified atom stereocenters. The molecule has 0 aliphatic carbocycles. The molecule has 0 saturated carbocycles. The molecule has 126 valence electrons. The highest BCUT2D eigenvalue weighted by Gasteiger charge is 2.29. The third-order valence-electron chi connectivity index (χ3n) is 4.34. The van der Waals surface area contributed by atoms with E-state index in [-0.39, 0.29) is 11.5 Å². The predicted molar refractivity (Wildman–Crippen MR) is 94.8 cm³/mol. The Balaban J connectivity index is 1.99. The Kier molecular flexibility index (Phi) is 3.54. The standard InChI is InChI=1S/C18H16N4O2S/c1-21-9-22(2)18(25-3)16(21)17(24)15-14-11(6-7-19-15)12-8-10(23)4-5-13(12)20-14/h4-9H,1-3H3,(H-,19,20,23,24). The van der Waals surface area contributed by atoms with Gasteiger partial charge in [0.15, 0.2) is 0 Å². The number of carbonyl (C=O) groups excluding carboxylic acids is 1. The lowest BCUT2D eigenvalue weighted by Crippen LogP contribution is -2.28. The number of nitrogens with zero attached hydrogens (tertiary/aromatic N) is 3. The number of thioether (sulfide) groups is 1. The van der Waals surface area contributed by atoms with Crippen LogP contribution in [0.15, 0.2) is 41.8 Å². The van der Waals surface area contributed by atoms with Crippen molar-refractivity contribution in [2.75, 3.05) is 6.26 Å². The number of hydrogen-bond donors (Lipinski definition) is 1. The highest BCUT2D eigenvalue weighted by molar-refractivity contribution is 7.98. The van der Waals surface area contributed by atoms with Crippen molar-refractivity contribution in [1.82, 2.24) is 14.5 Å². The molecule has 3 aromatic heterocycles. The summed E-state index contributed by atoms with van der Waals surface area (Å²) < 4.78 is 3.74. The topological polar surface area (TPSA) is 77.6 Å². The molecule has 0 bridgehead atoms. The Hall–Kier alpha value is -2.80. The van der Waals surface area contributed by atoms with Crippen molar-refractivity contribution >= 4 is 39.4 Å². The molecule has 0 atom stereocenters. The van der Waals surface area contributed by atoms with E-state index in [2.05, 4.69) is 9.97 Å². The summed E-state index contributed by atoms with van der Waals surface area (Å²) in [5, 5.41) is 14.2. The summed E-state index contributed by atoms with van der Waals surface area (Å²) in [5.74, 6) is -0.204. The molecule has 7 heteroatoms.